The van der Waals surface area contributed by atoms with Gasteiger partial charge in [0.1, 0.15) is 4.83 Å². The van der Waals surface area contributed by atoms with Crippen LogP contribution in [0.3, 0.4) is 0 Å². The zero-order valence-corrected chi connectivity index (χ0v) is 15.2. The Kier molecular flexibility index (Phi) is 3.34. The molecule has 1 unspecified atom stereocenters. The molecule has 0 aliphatic heterocycles. The Bertz CT molecular complexity index is 873. The molecule has 0 bridgehead atoms. The van der Waals surface area contributed by atoms with Crippen LogP contribution in [0.2, 0.25) is 0 Å². The molecule has 0 saturated carbocycles. The highest BCUT2D eigenvalue weighted by atomic mass is 32.1. The Balaban J connectivity index is 1.91. The van der Waals surface area contributed by atoms with Crippen molar-refractivity contribution in [2.45, 2.75) is 57.8 Å². The minimum atomic E-state index is 0.612. The first-order valence-corrected chi connectivity index (χ1v) is 10.5. The van der Waals surface area contributed by atoms with Crippen molar-refractivity contribution in [3.05, 3.63) is 39.2 Å². The predicted octanol–water partition coefficient (Wildman–Crippen LogP) is 6.34. The third-order valence-electron chi connectivity index (χ3n) is 5.53. The maximum Gasteiger partial charge on any atom is 0.124 e. The van der Waals surface area contributed by atoms with E-state index < -0.39 is 0 Å². The zero-order valence-electron chi connectivity index (χ0n) is 13.5. The maximum atomic E-state index is 5.20. The number of hydrogen-bond donors (Lipinski definition) is 0. The van der Waals surface area contributed by atoms with Crippen molar-refractivity contribution in [3.8, 4) is 10.4 Å². The van der Waals surface area contributed by atoms with Crippen molar-refractivity contribution in [2.24, 2.45) is 0 Å². The van der Waals surface area contributed by atoms with Gasteiger partial charge >= 0.3 is 0 Å². The Hall–Kier alpha value is -1.19. The van der Waals surface area contributed by atoms with E-state index in [9.17, 15) is 0 Å². The highest BCUT2D eigenvalue weighted by Crippen LogP contribution is 2.47. The van der Waals surface area contributed by atoms with E-state index in [1.807, 2.05) is 22.7 Å². The van der Waals surface area contributed by atoms with Gasteiger partial charge < -0.3 is 0 Å². The highest BCUT2D eigenvalue weighted by Gasteiger charge is 2.28. The Morgan fingerprint density at radius 3 is 2.83 bits per heavy atom. The monoisotopic (exact) mass is 339 g/mol. The number of fused-ring (bicyclic) bond motifs is 4. The van der Waals surface area contributed by atoms with Crippen molar-refractivity contribution in [1.29, 1.82) is 0 Å². The van der Waals surface area contributed by atoms with Crippen molar-refractivity contribution in [1.82, 2.24) is 4.98 Å². The average Bonchev–Trinajstić information content (AvgIpc) is 3.21. The number of pyridine rings is 1. The lowest BCUT2D eigenvalue weighted by atomic mass is 9.83. The number of thiophene rings is 2. The van der Waals surface area contributed by atoms with Crippen molar-refractivity contribution in [3.63, 3.8) is 0 Å². The minimum Gasteiger partial charge on any atom is -0.241 e. The van der Waals surface area contributed by atoms with Crippen LogP contribution in [0.5, 0.6) is 0 Å². The molecule has 3 heteroatoms. The third kappa shape index (κ3) is 2.13. The summed E-state index contributed by atoms with van der Waals surface area (Å²) >= 11 is 3.88. The van der Waals surface area contributed by atoms with Crippen LogP contribution in [0.4, 0.5) is 0 Å². The summed E-state index contributed by atoms with van der Waals surface area (Å²) in [6.07, 6.45) is 9.03. The summed E-state index contributed by atoms with van der Waals surface area (Å²) < 4.78 is 0. The van der Waals surface area contributed by atoms with Gasteiger partial charge in [-0.05, 0) is 73.4 Å². The van der Waals surface area contributed by atoms with Crippen molar-refractivity contribution < 1.29 is 0 Å². The second-order valence-electron chi connectivity index (χ2n) is 7.01. The van der Waals surface area contributed by atoms with Crippen LogP contribution in [0.1, 0.15) is 60.2 Å². The lowest BCUT2D eigenvalue weighted by molar-refractivity contribution is 0.577. The van der Waals surface area contributed by atoms with Crippen LogP contribution in [0.25, 0.3) is 20.7 Å². The quantitative estimate of drug-likeness (QED) is 0.504. The van der Waals surface area contributed by atoms with Gasteiger partial charge in [0.2, 0.25) is 0 Å². The fourth-order valence-corrected chi connectivity index (χ4v) is 6.50. The summed E-state index contributed by atoms with van der Waals surface area (Å²) in [6, 6.07) is 4.51. The van der Waals surface area contributed by atoms with E-state index in [-0.39, 0.29) is 0 Å². The lowest BCUT2D eigenvalue weighted by Gasteiger charge is -2.24. The van der Waals surface area contributed by atoms with E-state index in [1.165, 1.54) is 65.7 Å². The highest BCUT2D eigenvalue weighted by molar-refractivity contribution is 7.19. The molecule has 0 N–H and O–H groups in total. The Morgan fingerprint density at radius 1 is 1.09 bits per heavy atom. The van der Waals surface area contributed by atoms with Gasteiger partial charge in [-0.25, -0.2) is 4.98 Å². The molecule has 3 aromatic heterocycles. The molecule has 2 aliphatic rings. The van der Waals surface area contributed by atoms with Crippen LogP contribution in [0, 0.1) is 0 Å². The molecule has 1 atom stereocenters. The average molecular weight is 340 g/mol. The van der Waals surface area contributed by atoms with E-state index in [1.54, 1.807) is 21.6 Å². The molecule has 118 valence electrons. The van der Waals surface area contributed by atoms with Gasteiger partial charge in [-0.1, -0.05) is 13.0 Å². The summed E-state index contributed by atoms with van der Waals surface area (Å²) in [5.74, 6) is 0.612. The summed E-state index contributed by atoms with van der Waals surface area (Å²) in [4.78, 5) is 9.58. The fraction of sp³-hybridized carbons (Fsp3) is 0.450. The molecule has 0 spiro atoms. The van der Waals surface area contributed by atoms with Gasteiger partial charge in [0, 0.05) is 26.4 Å². The normalized spacial score (nSPS) is 20.5. The summed E-state index contributed by atoms with van der Waals surface area (Å²) in [7, 11) is 0. The van der Waals surface area contributed by atoms with E-state index >= 15 is 0 Å². The molecular formula is C20H21NS2. The number of aryl methyl sites for hydroxylation is 2. The standard InChI is InChI=1S/C20H21NS2/c1-12-6-4-8-14-17(16-10-5-11-22-16)18-13-7-2-3-9-15(13)23-20(18)21-19(12)14/h5,10-12H,2-4,6-9H2,1H3. The van der Waals surface area contributed by atoms with Gasteiger partial charge in [0.15, 0.2) is 0 Å². The molecule has 0 aromatic carbocycles. The Labute approximate surface area is 145 Å². The molecule has 3 aromatic rings. The van der Waals surface area contributed by atoms with Crippen LogP contribution < -0.4 is 0 Å². The topological polar surface area (TPSA) is 12.9 Å². The van der Waals surface area contributed by atoms with Crippen LogP contribution >= 0.6 is 22.7 Å². The van der Waals surface area contributed by atoms with Gasteiger partial charge in [0.05, 0.1) is 0 Å². The number of hydrogen-bond acceptors (Lipinski definition) is 3. The van der Waals surface area contributed by atoms with Gasteiger partial charge in [0.25, 0.3) is 0 Å². The molecule has 0 fully saturated rings. The first-order valence-electron chi connectivity index (χ1n) is 8.84. The van der Waals surface area contributed by atoms with Crippen molar-refractivity contribution in [2.75, 3.05) is 0 Å². The summed E-state index contributed by atoms with van der Waals surface area (Å²) in [5.41, 5.74) is 6.13. The van der Waals surface area contributed by atoms with Gasteiger partial charge in [-0.3, -0.25) is 0 Å². The van der Waals surface area contributed by atoms with E-state index in [2.05, 4.69) is 24.4 Å². The number of nitrogens with zero attached hydrogens (tertiary/aromatic N) is 1. The van der Waals surface area contributed by atoms with Crippen LogP contribution in [-0.4, -0.2) is 4.98 Å². The molecular weight excluding hydrogens is 318 g/mol. The SMILES string of the molecule is CC1CCCc2c1nc1sc3c(c1c2-c1cccs1)CCCC3. The van der Waals surface area contributed by atoms with Crippen LogP contribution in [-0.2, 0) is 19.3 Å². The molecule has 0 amide bonds. The predicted molar refractivity (Wildman–Crippen MR) is 101 cm³/mol. The number of rotatable bonds is 1. The van der Waals surface area contributed by atoms with E-state index in [4.69, 9.17) is 4.98 Å². The van der Waals surface area contributed by atoms with Crippen LogP contribution in [0.15, 0.2) is 17.5 Å². The molecule has 3 heterocycles. The molecule has 23 heavy (non-hydrogen) atoms. The lowest BCUT2D eigenvalue weighted by Crippen LogP contribution is -2.11. The first-order chi connectivity index (χ1) is 11.3. The number of aromatic nitrogens is 1. The molecule has 1 nitrogen and oxygen atoms in total. The maximum absolute atomic E-state index is 5.20. The first kappa shape index (κ1) is 14.2. The third-order valence-corrected chi connectivity index (χ3v) is 7.61. The summed E-state index contributed by atoms with van der Waals surface area (Å²) in [6.45, 7) is 2.36. The Morgan fingerprint density at radius 2 is 1.96 bits per heavy atom. The fourth-order valence-electron chi connectivity index (χ4n) is 4.42. The van der Waals surface area contributed by atoms with Gasteiger partial charge in [-0.15, -0.1) is 22.7 Å². The zero-order chi connectivity index (χ0) is 15.4. The van der Waals surface area contributed by atoms with E-state index in [0.717, 1.165) is 0 Å². The summed E-state index contributed by atoms with van der Waals surface area (Å²) in [5, 5.41) is 3.74. The molecule has 5 rings (SSSR count). The molecule has 2 aliphatic carbocycles. The minimum absolute atomic E-state index is 0.612. The molecule has 0 radical (unpaired) electrons. The van der Waals surface area contributed by atoms with Crippen molar-refractivity contribution >= 4 is 32.9 Å². The second kappa shape index (κ2) is 5.42. The molecule has 0 saturated heterocycles. The van der Waals surface area contributed by atoms with E-state index in [0.29, 0.717) is 5.92 Å². The largest absolute Gasteiger partial charge is 0.241 e. The second-order valence-corrected chi connectivity index (χ2v) is 9.04. The smallest absolute Gasteiger partial charge is 0.124 e. The van der Waals surface area contributed by atoms with Gasteiger partial charge in [-0.2, -0.15) is 0 Å².